The van der Waals surface area contributed by atoms with E-state index in [0.29, 0.717) is 40.3 Å². The molecule has 0 saturated heterocycles. The number of ketones is 1. The number of hydrogen-bond acceptors (Lipinski definition) is 5. The highest BCUT2D eigenvalue weighted by molar-refractivity contribution is 14.1. The Morgan fingerprint density at radius 3 is 2.28 bits per heavy atom. The second kappa shape index (κ2) is 9.86. The van der Waals surface area contributed by atoms with Gasteiger partial charge in [0, 0.05) is 14.5 Å². The molecular formula is C25H20INO5. The number of carbonyl (C=O) groups is 2. The molecule has 0 spiro atoms. The Kier molecular flexibility index (Phi) is 6.75. The third-order valence-electron chi connectivity index (χ3n) is 4.68. The summed E-state index contributed by atoms with van der Waals surface area (Å²) in [5, 5.41) is 3.44. The summed E-state index contributed by atoms with van der Waals surface area (Å²) in [6.07, 6.45) is 0. The Hall–Kier alpha value is -3.33. The Bertz CT molecular complexity index is 1250. The lowest BCUT2D eigenvalue weighted by atomic mass is 10.1. The first-order valence-corrected chi connectivity index (χ1v) is 11.1. The molecule has 0 unspecified atom stereocenters. The molecule has 1 amide bonds. The predicted molar refractivity (Wildman–Crippen MR) is 131 cm³/mol. The number of halogens is 1. The van der Waals surface area contributed by atoms with Gasteiger partial charge in [0.2, 0.25) is 5.78 Å². The minimum Gasteiger partial charge on any atom is -0.494 e. The van der Waals surface area contributed by atoms with E-state index >= 15 is 0 Å². The molecule has 0 saturated carbocycles. The van der Waals surface area contributed by atoms with E-state index in [1.165, 1.54) is 0 Å². The summed E-state index contributed by atoms with van der Waals surface area (Å²) in [5.74, 6) is 0.602. The molecular weight excluding hydrogens is 521 g/mol. The molecule has 7 heteroatoms. The molecule has 0 atom stereocenters. The number of rotatable bonds is 8. The van der Waals surface area contributed by atoms with Crippen molar-refractivity contribution in [2.75, 3.05) is 18.5 Å². The summed E-state index contributed by atoms with van der Waals surface area (Å²) in [7, 11) is 0. The van der Waals surface area contributed by atoms with E-state index in [0.717, 1.165) is 3.57 Å². The zero-order valence-electron chi connectivity index (χ0n) is 17.3. The van der Waals surface area contributed by atoms with Crippen molar-refractivity contribution in [3.8, 4) is 11.5 Å². The van der Waals surface area contributed by atoms with Gasteiger partial charge in [-0.3, -0.25) is 9.59 Å². The van der Waals surface area contributed by atoms with Gasteiger partial charge >= 0.3 is 0 Å². The molecule has 4 aromatic rings. The van der Waals surface area contributed by atoms with E-state index < -0.39 is 5.91 Å². The molecule has 0 aliphatic rings. The largest absolute Gasteiger partial charge is 0.494 e. The van der Waals surface area contributed by atoms with E-state index in [2.05, 4.69) is 27.9 Å². The number of carbonyl (C=O) groups excluding carboxylic acids is 2. The van der Waals surface area contributed by atoms with Crippen molar-refractivity contribution in [1.29, 1.82) is 0 Å². The first-order chi connectivity index (χ1) is 15.5. The smallest absolute Gasteiger partial charge is 0.262 e. The van der Waals surface area contributed by atoms with Crippen LogP contribution in [0.25, 0.3) is 11.0 Å². The van der Waals surface area contributed by atoms with Crippen LogP contribution in [0.1, 0.15) is 23.0 Å². The van der Waals surface area contributed by atoms with Gasteiger partial charge in [-0.1, -0.05) is 12.1 Å². The monoisotopic (exact) mass is 541 g/mol. The third kappa shape index (κ3) is 4.94. The summed E-state index contributed by atoms with van der Waals surface area (Å²) in [5.41, 5.74) is 1.27. The minimum atomic E-state index is -0.393. The molecule has 1 N–H and O–H groups in total. The van der Waals surface area contributed by atoms with Crippen molar-refractivity contribution in [2.45, 2.75) is 6.92 Å². The number of nitrogens with one attached hydrogen (secondary N) is 1. The van der Waals surface area contributed by atoms with Crippen molar-refractivity contribution in [3.63, 3.8) is 0 Å². The van der Waals surface area contributed by atoms with Crippen molar-refractivity contribution < 1.29 is 23.5 Å². The van der Waals surface area contributed by atoms with E-state index in [1.54, 1.807) is 48.5 Å². The van der Waals surface area contributed by atoms with Crippen molar-refractivity contribution in [2.24, 2.45) is 0 Å². The third-order valence-corrected chi connectivity index (χ3v) is 5.40. The Labute approximate surface area is 198 Å². The quantitative estimate of drug-likeness (QED) is 0.229. The van der Waals surface area contributed by atoms with Gasteiger partial charge in [-0.25, -0.2) is 0 Å². The lowest BCUT2D eigenvalue weighted by molar-refractivity contribution is -0.118. The summed E-state index contributed by atoms with van der Waals surface area (Å²) >= 11 is 2.20. The fourth-order valence-corrected chi connectivity index (χ4v) is 3.54. The van der Waals surface area contributed by atoms with Crippen LogP contribution in [0.4, 0.5) is 5.69 Å². The second-order valence-electron chi connectivity index (χ2n) is 6.88. The predicted octanol–water partition coefficient (Wildman–Crippen LogP) is 5.68. The number of fused-ring (bicyclic) bond motifs is 1. The van der Waals surface area contributed by atoms with Gasteiger partial charge < -0.3 is 19.2 Å². The van der Waals surface area contributed by atoms with E-state index in [9.17, 15) is 9.59 Å². The molecule has 32 heavy (non-hydrogen) atoms. The molecule has 6 nitrogen and oxygen atoms in total. The van der Waals surface area contributed by atoms with Crippen molar-refractivity contribution in [1.82, 2.24) is 0 Å². The standard InChI is InChI=1S/C25H20INO5/c1-2-30-18-11-7-16(8-12-18)24(29)25-23(20-5-3-4-6-21(20)32-25)27-22(28)15-31-19-13-9-17(26)10-14-19/h3-14H,2,15H2,1H3,(H,27,28). The fraction of sp³-hybridized carbons (Fsp3) is 0.120. The molecule has 0 aliphatic carbocycles. The first-order valence-electron chi connectivity index (χ1n) is 10.0. The number of furan rings is 1. The molecule has 1 heterocycles. The zero-order chi connectivity index (χ0) is 22.5. The summed E-state index contributed by atoms with van der Waals surface area (Å²) < 4.78 is 17.9. The minimum absolute atomic E-state index is 0.0676. The molecule has 0 fully saturated rings. The molecule has 0 radical (unpaired) electrons. The van der Waals surface area contributed by atoms with E-state index in [-0.39, 0.29) is 18.2 Å². The van der Waals surface area contributed by atoms with Gasteiger partial charge in [-0.15, -0.1) is 0 Å². The van der Waals surface area contributed by atoms with Crippen LogP contribution in [0, 0.1) is 3.57 Å². The van der Waals surface area contributed by atoms with Crippen LogP contribution in [-0.4, -0.2) is 24.9 Å². The number of ether oxygens (including phenoxy) is 2. The molecule has 1 aromatic heterocycles. The van der Waals surface area contributed by atoms with Gasteiger partial charge in [0.1, 0.15) is 17.1 Å². The van der Waals surface area contributed by atoms with Crippen LogP contribution >= 0.6 is 22.6 Å². The van der Waals surface area contributed by atoms with Crippen LogP contribution < -0.4 is 14.8 Å². The molecule has 0 aliphatic heterocycles. The Balaban J connectivity index is 1.57. The lowest BCUT2D eigenvalue weighted by Gasteiger charge is -2.08. The van der Waals surface area contributed by atoms with Crippen molar-refractivity contribution >= 4 is 50.9 Å². The van der Waals surface area contributed by atoms with Gasteiger partial charge in [-0.2, -0.15) is 0 Å². The summed E-state index contributed by atoms with van der Waals surface area (Å²) in [4.78, 5) is 25.8. The molecule has 4 rings (SSSR count). The second-order valence-corrected chi connectivity index (χ2v) is 8.13. The summed E-state index contributed by atoms with van der Waals surface area (Å²) in [6, 6.07) is 21.4. The van der Waals surface area contributed by atoms with Crippen LogP contribution in [0.3, 0.4) is 0 Å². The van der Waals surface area contributed by atoms with E-state index in [1.807, 2.05) is 31.2 Å². The topological polar surface area (TPSA) is 77.8 Å². The maximum absolute atomic E-state index is 13.2. The highest BCUT2D eigenvalue weighted by Crippen LogP contribution is 2.32. The molecule has 162 valence electrons. The summed E-state index contributed by atoms with van der Waals surface area (Å²) in [6.45, 7) is 2.23. The Morgan fingerprint density at radius 1 is 0.906 bits per heavy atom. The number of benzene rings is 3. The highest BCUT2D eigenvalue weighted by Gasteiger charge is 2.23. The van der Waals surface area contributed by atoms with Crippen LogP contribution in [0.15, 0.2) is 77.2 Å². The zero-order valence-corrected chi connectivity index (χ0v) is 19.4. The molecule has 0 bridgehead atoms. The fourth-order valence-electron chi connectivity index (χ4n) is 3.18. The number of hydrogen-bond donors (Lipinski definition) is 1. The van der Waals surface area contributed by atoms with Crippen LogP contribution in [-0.2, 0) is 4.79 Å². The van der Waals surface area contributed by atoms with Crippen LogP contribution in [0.5, 0.6) is 11.5 Å². The van der Waals surface area contributed by atoms with Crippen molar-refractivity contribution in [3.05, 3.63) is 87.7 Å². The number of para-hydroxylation sites is 1. The lowest BCUT2D eigenvalue weighted by Crippen LogP contribution is -2.21. The van der Waals surface area contributed by atoms with Gasteiger partial charge in [0.15, 0.2) is 12.4 Å². The van der Waals surface area contributed by atoms with Gasteiger partial charge in [0.25, 0.3) is 5.91 Å². The maximum atomic E-state index is 13.2. The normalized spacial score (nSPS) is 10.7. The maximum Gasteiger partial charge on any atom is 0.262 e. The van der Waals surface area contributed by atoms with Gasteiger partial charge in [-0.05, 0) is 90.2 Å². The van der Waals surface area contributed by atoms with Crippen LogP contribution in [0.2, 0.25) is 0 Å². The number of amides is 1. The first kappa shape index (κ1) is 21.9. The van der Waals surface area contributed by atoms with Gasteiger partial charge in [0.05, 0.1) is 12.3 Å². The van der Waals surface area contributed by atoms with E-state index in [4.69, 9.17) is 13.9 Å². The number of anilines is 1. The highest BCUT2D eigenvalue weighted by atomic mass is 127. The Morgan fingerprint density at radius 2 is 1.56 bits per heavy atom. The average molecular weight is 541 g/mol. The molecule has 3 aromatic carbocycles. The SMILES string of the molecule is CCOc1ccc(C(=O)c2oc3ccccc3c2NC(=O)COc2ccc(I)cc2)cc1. The average Bonchev–Trinajstić information content (AvgIpc) is 3.17.